The van der Waals surface area contributed by atoms with Crippen molar-refractivity contribution < 1.29 is 5.11 Å². The average molecular weight is 274 g/mol. The molecule has 0 spiro atoms. The van der Waals surface area contributed by atoms with Gasteiger partial charge >= 0.3 is 0 Å². The fraction of sp³-hybridized carbons (Fsp3) is 0.250. The van der Waals surface area contributed by atoms with Crippen LogP contribution in [0.15, 0.2) is 42.5 Å². The minimum absolute atomic E-state index is 0.312. The molecule has 3 rings (SSSR count). The number of nitrogens with zero attached hydrogens (tertiary/aromatic N) is 1. The third-order valence-corrected chi connectivity index (χ3v) is 3.84. The van der Waals surface area contributed by atoms with Crippen molar-refractivity contribution in [2.45, 2.75) is 19.4 Å². The number of aryl methyl sites for hydroxylation is 1. The van der Waals surface area contributed by atoms with E-state index in [-0.39, 0.29) is 0 Å². The van der Waals surface area contributed by atoms with E-state index in [1.807, 2.05) is 6.07 Å². The first-order valence-corrected chi connectivity index (χ1v) is 6.92. The quantitative estimate of drug-likeness (QED) is 0.894. The largest absolute Gasteiger partial charge is 0.508 e. The van der Waals surface area contributed by atoms with Crippen molar-refractivity contribution in [2.24, 2.45) is 0 Å². The maximum atomic E-state index is 9.93. The van der Waals surface area contributed by atoms with Crippen molar-refractivity contribution in [3.8, 4) is 5.75 Å². The van der Waals surface area contributed by atoms with Gasteiger partial charge in [-0.05, 0) is 42.7 Å². The lowest BCUT2D eigenvalue weighted by Crippen LogP contribution is -2.28. The summed E-state index contributed by atoms with van der Waals surface area (Å²) in [5.74, 6) is 0.312. The molecule has 0 atom stereocenters. The van der Waals surface area contributed by atoms with Crippen LogP contribution in [-0.4, -0.2) is 11.7 Å². The summed E-state index contributed by atoms with van der Waals surface area (Å²) in [5.41, 5.74) is 3.53. The molecule has 0 saturated carbocycles. The van der Waals surface area contributed by atoms with Crippen LogP contribution in [-0.2, 0) is 13.0 Å². The van der Waals surface area contributed by atoms with Gasteiger partial charge in [-0.15, -0.1) is 0 Å². The molecule has 0 unspecified atom stereocenters. The summed E-state index contributed by atoms with van der Waals surface area (Å²) >= 11 is 6.01. The zero-order valence-corrected chi connectivity index (χ0v) is 11.4. The highest BCUT2D eigenvalue weighted by Crippen LogP contribution is 2.30. The molecule has 0 amide bonds. The third-order valence-electron chi connectivity index (χ3n) is 3.61. The molecule has 2 aromatic carbocycles. The Morgan fingerprint density at radius 2 is 2.00 bits per heavy atom. The Kier molecular flexibility index (Phi) is 3.34. The van der Waals surface area contributed by atoms with Crippen LogP contribution in [0, 0.1) is 0 Å². The Balaban J connectivity index is 1.90. The van der Waals surface area contributed by atoms with Gasteiger partial charge in [0.15, 0.2) is 0 Å². The van der Waals surface area contributed by atoms with Gasteiger partial charge in [0.2, 0.25) is 0 Å². The zero-order chi connectivity index (χ0) is 13.2. The van der Waals surface area contributed by atoms with Crippen molar-refractivity contribution in [1.82, 2.24) is 0 Å². The summed E-state index contributed by atoms with van der Waals surface area (Å²) in [6.45, 7) is 1.71. The molecule has 19 heavy (non-hydrogen) atoms. The first kappa shape index (κ1) is 12.4. The van der Waals surface area contributed by atoms with Crippen LogP contribution in [0.25, 0.3) is 0 Å². The van der Waals surface area contributed by atoms with Crippen LogP contribution >= 0.6 is 11.6 Å². The molecule has 1 heterocycles. The van der Waals surface area contributed by atoms with Crippen LogP contribution in [0.2, 0.25) is 5.02 Å². The van der Waals surface area contributed by atoms with Crippen LogP contribution in [0.4, 0.5) is 5.69 Å². The van der Waals surface area contributed by atoms with Gasteiger partial charge in [-0.25, -0.2) is 0 Å². The first-order chi connectivity index (χ1) is 9.24. The van der Waals surface area contributed by atoms with E-state index in [0.717, 1.165) is 24.9 Å². The topological polar surface area (TPSA) is 23.5 Å². The standard InChI is InChI=1S/C16H16ClNO/c17-14-7-8-16(19)13(10-14)11-18-9-3-5-12-4-1-2-6-15(12)18/h1-2,4,6-8,10,19H,3,5,9,11H2. The SMILES string of the molecule is Oc1ccc(Cl)cc1CN1CCCc2ccccc21. The Bertz CT molecular complexity index is 597. The smallest absolute Gasteiger partial charge is 0.120 e. The molecule has 0 aromatic heterocycles. The van der Waals surface area contributed by atoms with Gasteiger partial charge in [-0.2, -0.15) is 0 Å². The normalized spacial score (nSPS) is 14.3. The molecule has 0 radical (unpaired) electrons. The fourth-order valence-electron chi connectivity index (χ4n) is 2.66. The molecular formula is C16H16ClNO. The minimum atomic E-state index is 0.312. The third kappa shape index (κ3) is 2.54. The monoisotopic (exact) mass is 273 g/mol. The van der Waals surface area contributed by atoms with Gasteiger partial charge in [-0.3, -0.25) is 0 Å². The van der Waals surface area contributed by atoms with E-state index in [0.29, 0.717) is 17.3 Å². The predicted molar refractivity (Wildman–Crippen MR) is 78.9 cm³/mol. The summed E-state index contributed by atoms with van der Waals surface area (Å²) in [6, 6.07) is 13.7. The lowest BCUT2D eigenvalue weighted by atomic mass is 10.0. The lowest BCUT2D eigenvalue weighted by Gasteiger charge is -2.31. The van der Waals surface area contributed by atoms with Crippen LogP contribution < -0.4 is 4.90 Å². The molecule has 1 aliphatic heterocycles. The molecule has 2 aromatic rings. The molecule has 0 aliphatic carbocycles. The molecular weight excluding hydrogens is 258 g/mol. The van der Waals surface area contributed by atoms with Crippen LogP contribution in [0.3, 0.4) is 0 Å². The molecule has 0 bridgehead atoms. The molecule has 1 N–H and O–H groups in total. The maximum Gasteiger partial charge on any atom is 0.120 e. The Morgan fingerprint density at radius 3 is 2.89 bits per heavy atom. The molecule has 2 nitrogen and oxygen atoms in total. The average Bonchev–Trinajstić information content (AvgIpc) is 2.43. The van der Waals surface area contributed by atoms with E-state index >= 15 is 0 Å². The number of hydrogen-bond acceptors (Lipinski definition) is 2. The molecule has 1 aliphatic rings. The summed E-state index contributed by atoms with van der Waals surface area (Å²) in [4.78, 5) is 2.31. The van der Waals surface area contributed by atoms with Crippen LogP contribution in [0.1, 0.15) is 17.5 Å². The molecule has 0 fully saturated rings. The molecule has 0 saturated heterocycles. The zero-order valence-electron chi connectivity index (χ0n) is 10.6. The van der Waals surface area contributed by atoms with E-state index in [1.54, 1.807) is 12.1 Å². The second-order valence-electron chi connectivity index (χ2n) is 4.93. The van der Waals surface area contributed by atoms with Crippen molar-refractivity contribution in [2.75, 3.05) is 11.4 Å². The van der Waals surface area contributed by atoms with Crippen molar-refractivity contribution >= 4 is 17.3 Å². The highest BCUT2D eigenvalue weighted by atomic mass is 35.5. The second kappa shape index (κ2) is 5.14. The minimum Gasteiger partial charge on any atom is -0.508 e. The van der Waals surface area contributed by atoms with E-state index in [4.69, 9.17) is 11.6 Å². The van der Waals surface area contributed by atoms with Gasteiger partial charge in [0.25, 0.3) is 0 Å². The van der Waals surface area contributed by atoms with Gasteiger partial charge in [0.1, 0.15) is 5.75 Å². The van der Waals surface area contributed by atoms with E-state index in [2.05, 4.69) is 29.2 Å². The number of fused-ring (bicyclic) bond motifs is 1. The number of rotatable bonds is 2. The summed E-state index contributed by atoms with van der Waals surface area (Å²) < 4.78 is 0. The highest BCUT2D eigenvalue weighted by molar-refractivity contribution is 6.30. The number of phenolic OH excluding ortho intramolecular Hbond substituents is 1. The molecule has 3 heteroatoms. The van der Waals surface area contributed by atoms with E-state index in [9.17, 15) is 5.11 Å². The van der Waals surface area contributed by atoms with Gasteiger partial charge in [0, 0.05) is 29.4 Å². The summed E-state index contributed by atoms with van der Waals surface area (Å²) in [7, 11) is 0. The number of para-hydroxylation sites is 1. The van der Waals surface area contributed by atoms with Gasteiger partial charge in [-0.1, -0.05) is 29.8 Å². The van der Waals surface area contributed by atoms with E-state index < -0.39 is 0 Å². The summed E-state index contributed by atoms with van der Waals surface area (Å²) in [5, 5.41) is 10.6. The lowest BCUT2D eigenvalue weighted by molar-refractivity contribution is 0.466. The summed E-state index contributed by atoms with van der Waals surface area (Å²) in [6.07, 6.45) is 2.28. The first-order valence-electron chi connectivity index (χ1n) is 6.54. The Labute approximate surface area is 118 Å². The van der Waals surface area contributed by atoms with Crippen molar-refractivity contribution in [1.29, 1.82) is 0 Å². The van der Waals surface area contributed by atoms with E-state index in [1.165, 1.54) is 11.3 Å². The number of phenols is 1. The highest BCUT2D eigenvalue weighted by Gasteiger charge is 2.17. The number of aromatic hydroxyl groups is 1. The Hall–Kier alpha value is -1.67. The number of halogens is 1. The molecule has 98 valence electrons. The van der Waals surface area contributed by atoms with Crippen LogP contribution in [0.5, 0.6) is 5.75 Å². The Morgan fingerprint density at radius 1 is 1.16 bits per heavy atom. The van der Waals surface area contributed by atoms with Gasteiger partial charge < -0.3 is 10.0 Å². The van der Waals surface area contributed by atoms with Crippen molar-refractivity contribution in [3.05, 3.63) is 58.6 Å². The fourth-order valence-corrected chi connectivity index (χ4v) is 2.86. The number of benzene rings is 2. The van der Waals surface area contributed by atoms with Gasteiger partial charge in [0.05, 0.1) is 0 Å². The second-order valence-corrected chi connectivity index (χ2v) is 5.36. The van der Waals surface area contributed by atoms with Crippen molar-refractivity contribution in [3.63, 3.8) is 0 Å². The number of hydrogen-bond donors (Lipinski definition) is 1. The number of anilines is 1. The maximum absolute atomic E-state index is 9.93. The predicted octanol–water partition coefficient (Wildman–Crippen LogP) is 4.00.